The topological polar surface area (TPSA) is 90.0 Å². The van der Waals surface area contributed by atoms with Crippen molar-refractivity contribution < 1.29 is 19.2 Å². The Kier molecular flexibility index (Phi) is 6.38. The second-order valence-corrected chi connectivity index (χ2v) is 11.3. The number of fused-ring (bicyclic) bond motifs is 1. The van der Waals surface area contributed by atoms with E-state index in [4.69, 9.17) is 11.6 Å². The Balaban J connectivity index is 1.13. The number of halogens is 1. The zero-order valence-corrected chi connectivity index (χ0v) is 22.1. The Morgan fingerprint density at radius 3 is 2.16 bits per heavy atom. The minimum Gasteiger partial charge on any atom is -0.335 e. The van der Waals surface area contributed by atoms with Gasteiger partial charge in [-0.3, -0.25) is 19.3 Å². The molecule has 6 rings (SSSR count). The molecule has 0 bridgehead atoms. The summed E-state index contributed by atoms with van der Waals surface area (Å²) in [6.07, 6.45) is 3.61. The molecule has 1 saturated carbocycles. The van der Waals surface area contributed by atoms with Crippen LogP contribution in [0.3, 0.4) is 0 Å². The molecule has 1 N–H and O–H groups in total. The first kappa shape index (κ1) is 24.9. The summed E-state index contributed by atoms with van der Waals surface area (Å²) in [6, 6.07) is 13.7. The van der Waals surface area contributed by atoms with Crippen molar-refractivity contribution in [3.8, 4) is 11.1 Å². The highest BCUT2D eigenvalue weighted by Crippen LogP contribution is 2.41. The largest absolute Gasteiger partial charge is 0.335 e. The van der Waals surface area contributed by atoms with Crippen molar-refractivity contribution >= 4 is 41.0 Å². The summed E-state index contributed by atoms with van der Waals surface area (Å²) < 4.78 is 0. The first-order valence-corrected chi connectivity index (χ1v) is 13.8. The first-order valence-electron chi connectivity index (χ1n) is 13.4. The number of benzene rings is 2. The average molecular weight is 535 g/mol. The highest BCUT2D eigenvalue weighted by Gasteiger charge is 2.57. The van der Waals surface area contributed by atoms with Crippen LogP contribution in [0.2, 0.25) is 5.02 Å². The molecule has 2 aromatic carbocycles. The van der Waals surface area contributed by atoms with Crippen LogP contribution in [-0.2, 0) is 14.4 Å². The van der Waals surface area contributed by atoms with Crippen molar-refractivity contribution in [2.75, 3.05) is 18.4 Å². The number of rotatable bonds is 4. The van der Waals surface area contributed by atoms with Gasteiger partial charge in [-0.15, -0.1) is 0 Å². The predicted molar refractivity (Wildman–Crippen MR) is 143 cm³/mol. The molecule has 198 valence electrons. The molecule has 0 radical (unpaired) electrons. The molecular formula is C29H31ClN4O4. The number of nitrogens with one attached hydrogen (secondary N) is 1. The molecule has 4 atom stereocenters. The van der Waals surface area contributed by atoms with E-state index in [1.807, 2.05) is 55.5 Å². The van der Waals surface area contributed by atoms with E-state index >= 15 is 0 Å². The van der Waals surface area contributed by atoms with Gasteiger partial charge in [0, 0.05) is 29.7 Å². The quantitative estimate of drug-likeness (QED) is 0.589. The molecule has 1 aliphatic carbocycles. The van der Waals surface area contributed by atoms with Crippen LogP contribution in [0, 0.1) is 11.8 Å². The second-order valence-electron chi connectivity index (χ2n) is 10.9. The van der Waals surface area contributed by atoms with Gasteiger partial charge in [0.05, 0.1) is 18.0 Å². The van der Waals surface area contributed by atoms with E-state index in [1.165, 1.54) is 4.90 Å². The van der Waals surface area contributed by atoms with Crippen molar-refractivity contribution in [1.29, 1.82) is 0 Å². The smallest absolute Gasteiger partial charge is 0.322 e. The van der Waals surface area contributed by atoms with Crippen molar-refractivity contribution in [2.24, 2.45) is 11.8 Å². The number of imide groups is 1. The maximum absolute atomic E-state index is 13.7. The number of carbonyl (C=O) groups excluding carboxylic acids is 4. The van der Waals surface area contributed by atoms with Gasteiger partial charge in [-0.2, -0.15) is 0 Å². The van der Waals surface area contributed by atoms with E-state index in [2.05, 4.69) is 5.32 Å². The third-order valence-corrected chi connectivity index (χ3v) is 8.70. The van der Waals surface area contributed by atoms with E-state index in [0.717, 1.165) is 30.4 Å². The first-order chi connectivity index (χ1) is 18.3. The molecule has 8 nitrogen and oxygen atoms in total. The Morgan fingerprint density at radius 1 is 0.842 bits per heavy atom. The number of hydrogen-bond acceptors (Lipinski definition) is 4. The maximum atomic E-state index is 13.7. The summed E-state index contributed by atoms with van der Waals surface area (Å²) in [5.74, 6) is -0.824. The summed E-state index contributed by atoms with van der Waals surface area (Å²) in [4.78, 5) is 57.6. The third-order valence-electron chi connectivity index (χ3n) is 8.45. The van der Waals surface area contributed by atoms with Crippen LogP contribution in [-0.4, -0.2) is 69.7 Å². The number of hydrogen-bond donors (Lipinski definition) is 1. The van der Waals surface area contributed by atoms with Gasteiger partial charge < -0.3 is 15.1 Å². The highest BCUT2D eigenvalue weighted by molar-refractivity contribution is 6.30. The SMILES string of the molecule is C[C@@H]1C(=O)N(C(=O)C2CC2)[C@H]2CCN(C(=O)[C@@H]3CCCN3C(=O)Nc3ccc(-c4ccc(Cl)cc4)cc3)[C@H]12. The average Bonchev–Trinajstić information content (AvgIpc) is 3.40. The van der Waals surface area contributed by atoms with Crippen LogP contribution in [0.4, 0.5) is 10.5 Å². The highest BCUT2D eigenvalue weighted by atomic mass is 35.5. The van der Waals surface area contributed by atoms with Crippen LogP contribution >= 0.6 is 11.6 Å². The number of anilines is 1. The lowest BCUT2D eigenvalue weighted by Gasteiger charge is -2.32. The van der Waals surface area contributed by atoms with E-state index in [9.17, 15) is 19.2 Å². The van der Waals surface area contributed by atoms with Crippen LogP contribution in [0.5, 0.6) is 0 Å². The fourth-order valence-electron chi connectivity index (χ4n) is 6.31. The molecule has 0 aromatic heterocycles. The molecule has 0 spiro atoms. The summed E-state index contributed by atoms with van der Waals surface area (Å²) in [5.41, 5.74) is 2.68. The van der Waals surface area contributed by atoms with E-state index in [0.29, 0.717) is 36.6 Å². The standard InChI is InChI=1S/C29H31ClN4O4/c1-17-25-23(34(26(17)35)27(36)20-4-5-20)14-16-33(25)28(37)24-3-2-15-32(24)29(38)31-22-12-8-19(9-13-22)18-6-10-21(30)11-7-18/h6-13,17,20,23-25H,2-5,14-16H2,1H3,(H,31,38)/t17-,23-,24-,25+/m0/s1. The molecular weight excluding hydrogens is 504 g/mol. The van der Waals surface area contributed by atoms with Gasteiger partial charge in [-0.1, -0.05) is 42.8 Å². The van der Waals surface area contributed by atoms with E-state index in [1.54, 1.807) is 9.80 Å². The molecule has 9 heteroatoms. The van der Waals surface area contributed by atoms with Gasteiger partial charge in [0.25, 0.3) is 0 Å². The number of nitrogens with zero attached hydrogens (tertiary/aromatic N) is 3. The number of carbonyl (C=O) groups is 4. The molecule has 0 unspecified atom stereocenters. The fraction of sp³-hybridized carbons (Fsp3) is 0.448. The summed E-state index contributed by atoms with van der Waals surface area (Å²) in [5, 5.41) is 3.61. The lowest BCUT2D eigenvalue weighted by molar-refractivity contribution is -0.146. The molecule has 3 heterocycles. The molecule has 3 saturated heterocycles. The Morgan fingerprint density at radius 2 is 1.50 bits per heavy atom. The zero-order valence-electron chi connectivity index (χ0n) is 21.3. The number of amides is 5. The van der Waals surface area contributed by atoms with Crippen molar-refractivity contribution in [1.82, 2.24) is 14.7 Å². The van der Waals surface area contributed by atoms with E-state index in [-0.39, 0.29) is 41.8 Å². The minimum absolute atomic E-state index is 0.0380. The summed E-state index contributed by atoms with van der Waals surface area (Å²) in [6.45, 7) is 2.81. The van der Waals surface area contributed by atoms with Crippen LogP contribution in [0.1, 0.15) is 39.0 Å². The van der Waals surface area contributed by atoms with Crippen LogP contribution in [0.15, 0.2) is 48.5 Å². The molecule has 4 aliphatic rings. The fourth-order valence-corrected chi connectivity index (χ4v) is 6.44. The van der Waals surface area contributed by atoms with Crippen LogP contribution in [0.25, 0.3) is 11.1 Å². The summed E-state index contributed by atoms with van der Waals surface area (Å²) >= 11 is 5.98. The second kappa shape index (κ2) is 9.73. The zero-order chi connectivity index (χ0) is 26.6. The van der Waals surface area contributed by atoms with Gasteiger partial charge in [-0.05, 0) is 67.5 Å². The molecule has 4 fully saturated rings. The van der Waals surface area contributed by atoms with Gasteiger partial charge in [0.15, 0.2) is 0 Å². The molecule has 3 aliphatic heterocycles. The normalized spacial score (nSPS) is 26.6. The van der Waals surface area contributed by atoms with E-state index < -0.39 is 12.0 Å². The molecule has 5 amide bonds. The Hall–Kier alpha value is -3.39. The van der Waals surface area contributed by atoms with Gasteiger partial charge in [-0.25, -0.2) is 4.79 Å². The predicted octanol–water partition coefficient (Wildman–Crippen LogP) is 4.39. The number of urea groups is 1. The monoisotopic (exact) mass is 534 g/mol. The number of likely N-dealkylation sites (tertiary alicyclic amines) is 3. The van der Waals surface area contributed by atoms with Crippen molar-refractivity contribution in [3.63, 3.8) is 0 Å². The van der Waals surface area contributed by atoms with Crippen molar-refractivity contribution in [2.45, 2.75) is 57.2 Å². The van der Waals surface area contributed by atoms with Gasteiger partial charge >= 0.3 is 6.03 Å². The van der Waals surface area contributed by atoms with Crippen LogP contribution < -0.4 is 5.32 Å². The van der Waals surface area contributed by atoms with Gasteiger partial charge in [0.1, 0.15) is 6.04 Å². The Bertz CT molecular complexity index is 1280. The lowest BCUT2D eigenvalue weighted by Crippen LogP contribution is -2.52. The summed E-state index contributed by atoms with van der Waals surface area (Å²) in [7, 11) is 0. The third kappa shape index (κ3) is 4.34. The van der Waals surface area contributed by atoms with Crippen molar-refractivity contribution in [3.05, 3.63) is 53.6 Å². The van der Waals surface area contributed by atoms with Gasteiger partial charge in [0.2, 0.25) is 17.7 Å². The lowest BCUT2D eigenvalue weighted by atomic mass is 10.0. The molecule has 2 aromatic rings. The molecule has 38 heavy (non-hydrogen) atoms. The minimum atomic E-state index is -0.572. The Labute approximate surface area is 226 Å². The maximum Gasteiger partial charge on any atom is 0.322 e.